The van der Waals surface area contributed by atoms with Gasteiger partial charge in [0.25, 0.3) is 0 Å². The van der Waals surface area contributed by atoms with Gasteiger partial charge in [0, 0.05) is 29.1 Å². The van der Waals surface area contributed by atoms with Crippen LogP contribution in [0.1, 0.15) is 11.4 Å². The highest BCUT2D eigenvalue weighted by Crippen LogP contribution is 2.17. The first-order chi connectivity index (χ1) is 8.43. The molecule has 0 N–H and O–H groups in total. The number of fused-ring (bicyclic) bond motifs is 1. The average Bonchev–Trinajstić information content (AvgIpc) is 2.40. The third kappa shape index (κ3) is 1.99. The van der Waals surface area contributed by atoms with Crippen molar-refractivity contribution in [1.29, 1.82) is 0 Å². The lowest BCUT2D eigenvalue weighted by molar-refractivity contribution is 0.937. The van der Waals surface area contributed by atoms with E-state index in [1.165, 1.54) is 0 Å². The van der Waals surface area contributed by atoms with Crippen molar-refractivity contribution in [3.8, 4) is 0 Å². The van der Waals surface area contributed by atoms with Gasteiger partial charge in [-0.15, -0.1) is 0 Å². The molecule has 0 bridgehead atoms. The summed E-state index contributed by atoms with van der Waals surface area (Å²) >= 11 is 0. The molecule has 2 aromatic heterocycles. The van der Waals surface area contributed by atoms with E-state index in [9.17, 15) is 0 Å². The Balaban J connectivity index is 2.06. The molecule has 0 aliphatic heterocycles. The number of aromatic nitrogens is 3. The molecule has 0 saturated heterocycles. The lowest BCUT2D eigenvalue weighted by Gasteiger charge is -2.03. The summed E-state index contributed by atoms with van der Waals surface area (Å²) in [6.07, 6.45) is 4.31. The van der Waals surface area contributed by atoms with E-state index < -0.39 is 0 Å². The average molecular weight is 221 g/mol. The van der Waals surface area contributed by atoms with Crippen molar-refractivity contribution >= 4 is 10.8 Å². The van der Waals surface area contributed by atoms with Crippen molar-refractivity contribution in [2.24, 2.45) is 0 Å². The number of benzene rings is 1. The topological polar surface area (TPSA) is 38.7 Å². The van der Waals surface area contributed by atoms with Crippen molar-refractivity contribution in [2.75, 3.05) is 0 Å². The normalized spacial score (nSPS) is 10.6. The Kier molecular flexibility index (Phi) is 2.50. The fraction of sp³-hybridized carbons (Fsp3) is 0.0714. The molecule has 3 nitrogen and oxygen atoms in total. The van der Waals surface area contributed by atoms with E-state index in [0.717, 1.165) is 28.6 Å². The molecule has 0 fully saturated rings. The maximum atomic E-state index is 4.31. The van der Waals surface area contributed by atoms with Crippen molar-refractivity contribution in [1.82, 2.24) is 15.2 Å². The van der Waals surface area contributed by atoms with Gasteiger partial charge in [0.05, 0.1) is 11.9 Å². The Morgan fingerprint density at radius 3 is 2.71 bits per heavy atom. The zero-order valence-corrected chi connectivity index (χ0v) is 9.24. The number of rotatable bonds is 2. The van der Waals surface area contributed by atoms with Gasteiger partial charge < -0.3 is 0 Å². The second kappa shape index (κ2) is 4.29. The van der Waals surface area contributed by atoms with Gasteiger partial charge in [-0.3, -0.25) is 4.98 Å². The molecule has 2 heterocycles. The van der Waals surface area contributed by atoms with Gasteiger partial charge in [0.2, 0.25) is 0 Å². The summed E-state index contributed by atoms with van der Waals surface area (Å²) in [4.78, 5) is 4.31. The number of nitrogens with zero attached hydrogens (tertiary/aromatic N) is 3. The maximum absolute atomic E-state index is 4.31. The van der Waals surface area contributed by atoms with Gasteiger partial charge in [-0.05, 0) is 12.1 Å². The van der Waals surface area contributed by atoms with E-state index in [1.807, 2.05) is 36.4 Å². The lowest BCUT2D eigenvalue weighted by Crippen LogP contribution is -1.97. The number of hydrogen-bond acceptors (Lipinski definition) is 3. The van der Waals surface area contributed by atoms with Crippen molar-refractivity contribution in [3.63, 3.8) is 0 Å². The molecule has 82 valence electrons. The summed E-state index contributed by atoms with van der Waals surface area (Å²) < 4.78 is 0. The lowest BCUT2D eigenvalue weighted by atomic mass is 10.1. The molecule has 1 aromatic carbocycles. The Labute approximate surface area is 99.2 Å². The van der Waals surface area contributed by atoms with Gasteiger partial charge in [-0.1, -0.05) is 30.3 Å². The summed E-state index contributed by atoms with van der Waals surface area (Å²) in [6, 6.07) is 14.1. The Morgan fingerprint density at radius 1 is 0.941 bits per heavy atom. The largest absolute Gasteiger partial charge is 0.261 e. The Bertz CT molecular complexity index is 630. The molecule has 0 spiro atoms. The molecular formula is C14H11N3. The minimum Gasteiger partial charge on any atom is -0.261 e. The van der Waals surface area contributed by atoms with Gasteiger partial charge >= 0.3 is 0 Å². The van der Waals surface area contributed by atoms with Crippen LogP contribution >= 0.6 is 0 Å². The van der Waals surface area contributed by atoms with E-state index in [0.29, 0.717) is 0 Å². The van der Waals surface area contributed by atoms with E-state index >= 15 is 0 Å². The quantitative estimate of drug-likeness (QED) is 0.667. The monoisotopic (exact) mass is 221 g/mol. The second-order valence-corrected chi connectivity index (χ2v) is 3.88. The first-order valence-electron chi connectivity index (χ1n) is 5.53. The molecule has 17 heavy (non-hydrogen) atoms. The molecule has 3 aromatic rings. The third-order valence-corrected chi connectivity index (χ3v) is 2.72. The Hall–Kier alpha value is -2.29. The summed E-state index contributed by atoms with van der Waals surface area (Å²) in [6.45, 7) is 0. The molecule has 0 saturated carbocycles. The van der Waals surface area contributed by atoms with Crippen molar-refractivity contribution in [3.05, 3.63) is 66.2 Å². The first-order valence-corrected chi connectivity index (χ1v) is 5.53. The zero-order valence-electron chi connectivity index (χ0n) is 9.24. The van der Waals surface area contributed by atoms with Crippen LogP contribution in [-0.2, 0) is 6.42 Å². The highest BCUT2D eigenvalue weighted by Gasteiger charge is 2.04. The van der Waals surface area contributed by atoms with Gasteiger partial charge in [0.15, 0.2) is 0 Å². The molecule has 0 unspecified atom stereocenters. The molecule has 3 rings (SSSR count). The molecular weight excluding hydrogens is 210 g/mol. The van der Waals surface area contributed by atoms with Crippen LogP contribution in [0, 0.1) is 0 Å². The van der Waals surface area contributed by atoms with Crippen LogP contribution in [0.5, 0.6) is 0 Å². The Morgan fingerprint density at radius 2 is 1.82 bits per heavy atom. The minimum atomic E-state index is 0.717. The minimum absolute atomic E-state index is 0.717. The molecule has 0 atom stereocenters. The van der Waals surface area contributed by atoms with Crippen molar-refractivity contribution in [2.45, 2.75) is 6.42 Å². The van der Waals surface area contributed by atoms with Crippen LogP contribution < -0.4 is 0 Å². The van der Waals surface area contributed by atoms with E-state index in [2.05, 4.69) is 21.2 Å². The summed E-state index contributed by atoms with van der Waals surface area (Å²) in [5, 5.41) is 10.5. The fourth-order valence-corrected chi connectivity index (χ4v) is 1.89. The van der Waals surface area contributed by atoms with Gasteiger partial charge in [-0.2, -0.15) is 10.2 Å². The van der Waals surface area contributed by atoms with Crippen LogP contribution in [-0.4, -0.2) is 15.2 Å². The predicted octanol–water partition coefficient (Wildman–Crippen LogP) is 2.62. The fourth-order valence-electron chi connectivity index (χ4n) is 1.89. The standard InChI is InChI=1S/C14H11N3/c1-2-7-13-11(5-1)10-16-17-14(13)9-12-6-3-4-8-15-12/h1-8,10H,9H2. The number of pyridine rings is 1. The SMILES string of the molecule is c1ccc(Cc2nncc3ccccc23)nc1. The van der Waals surface area contributed by atoms with E-state index in [4.69, 9.17) is 0 Å². The summed E-state index contributed by atoms with van der Waals surface area (Å²) in [7, 11) is 0. The van der Waals surface area contributed by atoms with Crippen LogP contribution in [0.25, 0.3) is 10.8 Å². The molecule has 0 amide bonds. The van der Waals surface area contributed by atoms with E-state index in [1.54, 1.807) is 12.4 Å². The van der Waals surface area contributed by atoms with Crippen LogP contribution in [0.3, 0.4) is 0 Å². The summed E-state index contributed by atoms with van der Waals surface area (Å²) in [5.74, 6) is 0. The maximum Gasteiger partial charge on any atom is 0.0768 e. The van der Waals surface area contributed by atoms with Crippen molar-refractivity contribution < 1.29 is 0 Å². The van der Waals surface area contributed by atoms with Crippen LogP contribution in [0.15, 0.2) is 54.9 Å². The molecule has 0 aliphatic rings. The predicted molar refractivity (Wildman–Crippen MR) is 66.6 cm³/mol. The third-order valence-electron chi connectivity index (χ3n) is 2.72. The second-order valence-electron chi connectivity index (χ2n) is 3.88. The highest BCUT2D eigenvalue weighted by atomic mass is 15.1. The molecule has 0 radical (unpaired) electrons. The smallest absolute Gasteiger partial charge is 0.0768 e. The van der Waals surface area contributed by atoms with Gasteiger partial charge in [0.1, 0.15) is 0 Å². The zero-order chi connectivity index (χ0) is 11.5. The van der Waals surface area contributed by atoms with Crippen LogP contribution in [0.4, 0.5) is 0 Å². The van der Waals surface area contributed by atoms with Crippen LogP contribution in [0.2, 0.25) is 0 Å². The van der Waals surface area contributed by atoms with E-state index in [-0.39, 0.29) is 0 Å². The molecule has 3 heteroatoms. The number of hydrogen-bond donors (Lipinski definition) is 0. The first kappa shape index (κ1) is 9.90. The molecule has 0 aliphatic carbocycles. The highest BCUT2D eigenvalue weighted by molar-refractivity contribution is 5.83. The summed E-state index contributed by atoms with van der Waals surface area (Å²) in [5.41, 5.74) is 1.99. The van der Waals surface area contributed by atoms with Gasteiger partial charge in [-0.25, -0.2) is 0 Å².